The number of nitrogens with zero attached hydrogens (tertiary/aromatic N) is 1. The predicted molar refractivity (Wildman–Crippen MR) is 111 cm³/mol. The number of benzene rings is 2. The second-order valence-corrected chi connectivity index (χ2v) is 7.37. The molecule has 4 amide bonds. The number of piperidine rings is 1. The van der Waals surface area contributed by atoms with Gasteiger partial charge in [0.1, 0.15) is 6.04 Å². The lowest BCUT2D eigenvalue weighted by Gasteiger charge is -2.29. The van der Waals surface area contributed by atoms with Gasteiger partial charge in [-0.05, 0) is 42.2 Å². The Morgan fingerprint density at radius 3 is 2.50 bits per heavy atom. The third kappa shape index (κ3) is 4.74. The van der Waals surface area contributed by atoms with Crippen LogP contribution in [0.25, 0.3) is 0 Å². The zero-order valence-corrected chi connectivity index (χ0v) is 16.9. The predicted octanol–water partition coefficient (Wildman–Crippen LogP) is 2.19. The van der Waals surface area contributed by atoms with Crippen molar-refractivity contribution in [2.45, 2.75) is 45.2 Å². The van der Waals surface area contributed by atoms with Gasteiger partial charge >= 0.3 is 0 Å². The zero-order valence-electron chi connectivity index (χ0n) is 16.9. The van der Waals surface area contributed by atoms with E-state index in [1.165, 1.54) is 29.4 Å². The number of primary amides is 1. The first kappa shape index (κ1) is 21.2. The Balaban J connectivity index is 0.000000239. The number of nitrogens with two attached hydrogens (primary N) is 1. The SMILES string of the molecule is CCCc1ccccc1.NC(=O)c1ccc2c(c1)CN(C1CCC(=O)NC1=O)C2=O. The van der Waals surface area contributed by atoms with E-state index in [0.29, 0.717) is 23.1 Å². The van der Waals surface area contributed by atoms with Crippen molar-refractivity contribution in [2.75, 3.05) is 0 Å². The number of hydrogen-bond donors (Lipinski definition) is 2. The molecule has 0 bridgehead atoms. The summed E-state index contributed by atoms with van der Waals surface area (Å²) in [4.78, 5) is 48.0. The monoisotopic (exact) mass is 407 g/mol. The standard InChI is InChI=1S/C14H13N3O4.C9H12/c15-12(19)7-1-2-9-8(5-7)6-17(14(9)21)10-3-4-11(18)16-13(10)20;1-2-6-9-7-4-3-5-8-9/h1-2,5,10H,3-4,6H2,(H2,15,19)(H,16,18,20);3-5,7-8H,2,6H2,1H3. The number of nitrogens with one attached hydrogen (secondary N) is 1. The molecule has 2 aromatic rings. The number of fused-ring (bicyclic) bond motifs is 1. The fraction of sp³-hybridized carbons (Fsp3) is 0.304. The number of carbonyl (C=O) groups is 4. The maximum Gasteiger partial charge on any atom is 0.255 e. The quantitative estimate of drug-likeness (QED) is 0.757. The van der Waals surface area contributed by atoms with E-state index in [1.54, 1.807) is 12.1 Å². The molecule has 1 saturated heterocycles. The third-order valence-corrected chi connectivity index (χ3v) is 5.19. The molecule has 0 saturated carbocycles. The van der Waals surface area contributed by atoms with E-state index in [0.717, 1.165) is 0 Å². The van der Waals surface area contributed by atoms with Crippen LogP contribution in [0.3, 0.4) is 0 Å². The van der Waals surface area contributed by atoms with Gasteiger partial charge in [-0.3, -0.25) is 24.5 Å². The molecule has 3 N–H and O–H groups in total. The van der Waals surface area contributed by atoms with Gasteiger partial charge in [-0.15, -0.1) is 0 Å². The van der Waals surface area contributed by atoms with Gasteiger partial charge in [0.05, 0.1) is 0 Å². The van der Waals surface area contributed by atoms with E-state index >= 15 is 0 Å². The molecule has 30 heavy (non-hydrogen) atoms. The maximum atomic E-state index is 12.3. The topological polar surface area (TPSA) is 110 Å². The number of carbonyl (C=O) groups excluding carboxylic acids is 4. The van der Waals surface area contributed by atoms with Crippen LogP contribution in [0.2, 0.25) is 0 Å². The lowest BCUT2D eigenvalue weighted by molar-refractivity contribution is -0.136. The molecule has 1 unspecified atom stereocenters. The van der Waals surface area contributed by atoms with E-state index in [1.807, 2.05) is 0 Å². The summed E-state index contributed by atoms with van der Waals surface area (Å²) in [6, 6.07) is 14.5. The fourth-order valence-corrected chi connectivity index (χ4v) is 3.66. The maximum absolute atomic E-state index is 12.3. The molecule has 4 rings (SSSR count). The van der Waals surface area contributed by atoms with Crippen LogP contribution in [0.4, 0.5) is 0 Å². The normalized spacial score (nSPS) is 17.7. The van der Waals surface area contributed by atoms with Crippen molar-refractivity contribution < 1.29 is 19.2 Å². The first-order valence-electron chi connectivity index (χ1n) is 10.0. The van der Waals surface area contributed by atoms with E-state index < -0.39 is 17.9 Å². The van der Waals surface area contributed by atoms with E-state index in [2.05, 4.69) is 42.6 Å². The number of imide groups is 1. The zero-order chi connectivity index (χ0) is 21.7. The van der Waals surface area contributed by atoms with Crippen LogP contribution in [0.1, 0.15) is 58.0 Å². The van der Waals surface area contributed by atoms with Crippen LogP contribution in [-0.2, 0) is 22.6 Å². The third-order valence-electron chi connectivity index (χ3n) is 5.19. The van der Waals surface area contributed by atoms with Crippen molar-refractivity contribution in [1.29, 1.82) is 0 Å². The fourth-order valence-electron chi connectivity index (χ4n) is 3.66. The Morgan fingerprint density at radius 2 is 1.87 bits per heavy atom. The van der Waals surface area contributed by atoms with Crippen LogP contribution in [0.5, 0.6) is 0 Å². The van der Waals surface area contributed by atoms with Gasteiger partial charge in [0, 0.05) is 24.1 Å². The summed E-state index contributed by atoms with van der Waals surface area (Å²) in [5.74, 6) is -1.61. The number of amides is 4. The van der Waals surface area contributed by atoms with Gasteiger partial charge in [0.2, 0.25) is 17.7 Å². The Bertz CT molecular complexity index is 972. The number of hydrogen-bond acceptors (Lipinski definition) is 4. The number of rotatable bonds is 4. The molecule has 156 valence electrons. The molecule has 2 heterocycles. The van der Waals surface area contributed by atoms with Gasteiger partial charge in [0.25, 0.3) is 5.91 Å². The smallest absolute Gasteiger partial charge is 0.255 e. The van der Waals surface area contributed by atoms with Gasteiger partial charge in [-0.2, -0.15) is 0 Å². The van der Waals surface area contributed by atoms with Gasteiger partial charge in [-0.1, -0.05) is 43.7 Å². The van der Waals surface area contributed by atoms with E-state index in [4.69, 9.17) is 5.73 Å². The van der Waals surface area contributed by atoms with Crippen LogP contribution in [0, 0.1) is 0 Å². The highest BCUT2D eigenvalue weighted by atomic mass is 16.2. The molecule has 2 aromatic carbocycles. The molecule has 2 aliphatic heterocycles. The largest absolute Gasteiger partial charge is 0.366 e. The summed E-state index contributed by atoms with van der Waals surface area (Å²) in [6.07, 6.45) is 2.97. The molecule has 1 fully saturated rings. The molecule has 0 radical (unpaired) electrons. The van der Waals surface area contributed by atoms with Crippen LogP contribution in [-0.4, -0.2) is 34.6 Å². The minimum Gasteiger partial charge on any atom is -0.366 e. The molecule has 1 atom stereocenters. The first-order valence-corrected chi connectivity index (χ1v) is 10.0. The number of aryl methyl sites for hydroxylation is 1. The van der Waals surface area contributed by atoms with Crippen LogP contribution >= 0.6 is 0 Å². The molecule has 2 aliphatic rings. The van der Waals surface area contributed by atoms with Crippen molar-refractivity contribution in [3.63, 3.8) is 0 Å². The molecular formula is C23H25N3O4. The summed E-state index contributed by atoms with van der Waals surface area (Å²) < 4.78 is 0. The summed E-state index contributed by atoms with van der Waals surface area (Å²) in [5.41, 5.74) is 8.12. The Hall–Kier alpha value is -3.48. The lowest BCUT2D eigenvalue weighted by atomic mass is 10.0. The minimum atomic E-state index is -0.653. The van der Waals surface area contributed by atoms with Crippen molar-refractivity contribution in [3.05, 3.63) is 70.8 Å². The van der Waals surface area contributed by atoms with Gasteiger partial charge in [-0.25, -0.2) is 0 Å². The van der Waals surface area contributed by atoms with E-state index in [-0.39, 0.29) is 24.8 Å². The molecular weight excluding hydrogens is 382 g/mol. The average molecular weight is 407 g/mol. The average Bonchev–Trinajstić information content (AvgIpc) is 3.05. The van der Waals surface area contributed by atoms with Crippen LogP contribution < -0.4 is 11.1 Å². The second-order valence-electron chi connectivity index (χ2n) is 7.37. The summed E-state index contributed by atoms with van der Waals surface area (Å²) in [6.45, 7) is 2.44. The van der Waals surface area contributed by atoms with E-state index in [9.17, 15) is 19.2 Å². The summed E-state index contributed by atoms with van der Waals surface area (Å²) >= 11 is 0. The molecule has 0 aromatic heterocycles. The molecule has 0 aliphatic carbocycles. The minimum absolute atomic E-state index is 0.211. The highest BCUT2D eigenvalue weighted by molar-refractivity contribution is 6.06. The van der Waals surface area contributed by atoms with Gasteiger partial charge in [0.15, 0.2) is 0 Å². The Morgan fingerprint density at radius 1 is 1.13 bits per heavy atom. The Labute approximate surface area is 175 Å². The van der Waals surface area contributed by atoms with Gasteiger partial charge < -0.3 is 10.6 Å². The van der Waals surface area contributed by atoms with Crippen molar-refractivity contribution in [3.8, 4) is 0 Å². The summed E-state index contributed by atoms with van der Waals surface area (Å²) in [5, 5.41) is 2.24. The van der Waals surface area contributed by atoms with Crippen molar-refractivity contribution >= 4 is 23.6 Å². The molecule has 0 spiro atoms. The molecule has 7 nitrogen and oxygen atoms in total. The van der Waals surface area contributed by atoms with Crippen molar-refractivity contribution in [2.24, 2.45) is 5.73 Å². The van der Waals surface area contributed by atoms with Crippen molar-refractivity contribution in [1.82, 2.24) is 10.2 Å². The Kier molecular flexibility index (Phi) is 6.61. The lowest BCUT2D eigenvalue weighted by Crippen LogP contribution is -2.52. The second kappa shape index (κ2) is 9.35. The highest BCUT2D eigenvalue weighted by Crippen LogP contribution is 2.28. The van der Waals surface area contributed by atoms with Crippen LogP contribution in [0.15, 0.2) is 48.5 Å². The highest BCUT2D eigenvalue weighted by Gasteiger charge is 2.39. The molecule has 7 heteroatoms. The first-order chi connectivity index (χ1) is 14.4. The summed E-state index contributed by atoms with van der Waals surface area (Å²) in [7, 11) is 0.